The molecule has 1 aliphatic rings. The molecule has 0 unspecified atom stereocenters. The highest BCUT2D eigenvalue weighted by Gasteiger charge is 2.33. The van der Waals surface area contributed by atoms with Crippen molar-refractivity contribution in [1.29, 1.82) is 0 Å². The summed E-state index contributed by atoms with van der Waals surface area (Å²) in [5.74, 6) is -0.217. The maximum absolute atomic E-state index is 13.8. The normalized spacial score (nSPS) is 15.7. The van der Waals surface area contributed by atoms with Crippen LogP contribution < -0.4 is 15.8 Å². The van der Waals surface area contributed by atoms with Gasteiger partial charge in [0.25, 0.3) is 5.56 Å². The first-order valence-corrected chi connectivity index (χ1v) is 12.0. The van der Waals surface area contributed by atoms with Crippen molar-refractivity contribution in [3.05, 3.63) is 70.4 Å². The van der Waals surface area contributed by atoms with Gasteiger partial charge in [-0.3, -0.25) is 19.1 Å². The summed E-state index contributed by atoms with van der Waals surface area (Å²) in [5.41, 5.74) is 1.26. The number of amides is 1. The number of fused-ring (bicyclic) bond motifs is 1. The molecule has 1 amide bonds. The van der Waals surface area contributed by atoms with Gasteiger partial charge in [-0.25, -0.2) is 14.4 Å². The lowest BCUT2D eigenvalue weighted by Crippen LogP contribution is -2.43. The molecule has 1 aromatic carbocycles. The number of nitrogens with zero attached hydrogens (tertiary/aromatic N) is 5. The Labute approximate surface area is 199 Å². The Kier molecular flexibility index (Phi) is 6.06. The molecule has 1 fully saturated rings. The Bertz CT molecular complexity index is 1400. The number of carbonyl (C=O) groups excluding carboxylic acids is 1. The van der Waals surface area contributed by atoms with Crippen LogP contribution in [0.2, 0.25) is 0 Å². The van der Waals surface area contributed by atoms with Gasteiger partial charge in [0, 0.05) is 31.9 Å². The summed E-state index contributed by atoms with van der Waals surface area (Å²) in [6.45, 7) is 3.29. The third-order valence-electron chi connectivity index (χ3n) is 5.89. The van der Waals surface area contributed by atoms with E-state index in [1.54, 1.807) is 0 Å². The Morgan fingerprint density at radius 3 is 2.82 bits per heavy atom. The Hall–Kier alpha value is -3.66. The zero-order chi connectivity index (χ0) is 23.7. The fourth-order valence-corrected chi connectivity index (χ4v) is 5.21. The highest BCUT2D eigenvalue weighted by Crippen LogP contribution is 2.32. The molecule has 3 aromatic heterocycles. The van der Waals surface area contributed by atoms with Crippen LogP contribution in [0.3, 0.4) is 0 Å². The molecule has 1 atom stereocenters. The van der Waals surface area contributed by atoms with Crippen molar-refractivity contribution in [2.75, 3.05) is 11.4 Å². The zero-order valence-electron chi connectivity index (χ0n) is 18.6. The molecule has 0 aliphatic carbocycles. The number of pyridine rings is 1. The second-order valence-electron chi connectivity index (χ2n) is 8.05. The summed E-state index contributed by atoms with van der Waals surface area (Å²) >= 11 is 1.27. The fraction of sp³-hybridized carbons (Fsp3) is 0.292. The van der Waals surface area contributed by atoms with Gasteiger partial charge in [-0.2, -0.15) is 0 Å². The minimum Gasteiger partial charge on any atom is -0.350 e. The van der Waals surface area contributed by atoms with E-state index in [0.29, 0.717) is 41.8 Å². The molecule has 4 aromatic rings. The fourth-order valence-electron chi connectivity index (χ4n) is 4.21. The number of anilines is 1. The van der Waals surface area contributed by atoms with E-state index in [4.69, 9.17) is 0 Å². The lowest BCUT2D eigenvalue weighted by atomic mass is 10.2. The number of hydrogen-bond donors (Lipinski definition) is 1. The molecule has 0 radical (unpaired) electrons. The Morgan fingerprint density at radius 1 is 1.24 bits per heavy atom. The van der Waals surface area contributed by atoms with Crippen molar-refractivity contribution in [2.24, 2.45) is 0 Å². The van der Waals surface area contributed by atoms with Crippen LogP contribution in [0.4, 0.5) is 9.52 Å². The molecule has 174 valence electrons. The highest BCUT2D eigenvalue weighted by molar-refractivity contribution is 7.21. The molecule has 10 heteroatoms. The van der Waals surface area contributed by atoms with Gasteiger partial charge in [-0.1, -0.05) is 41.7 Å². The Balaban J connectivity index is 1.46. The summed E-state index contributed by atoms with van der Waals surface area (Å²) < 4.78 is 15.2. The molecule has 1 N–H and O–H groups in total. The third-order valence-corrected chi connectivity index (χ3v) is 6.87. The standard InChI is InChI=1S/C24H23FN6O2S/c1-2-30-20(17-13-16(25)10-11-26-17)29-22-19(23(30)33)28-24(34-22)31-12-6-9-18(31)21(32)27-14-15-7-4-3-5-8-15/h3-5,7-8,10-11,13,18H,2,6,9,12,14H2,1H3,(H,27,32)/t18-/m1/s1. The largest absolute Gasteiger partial charge is 0.350 e. The van der Waals surface area contributed by atoms with Crippen molar-refractivity contribution in [3.8, 4) is 11.5 Å². The van der Waals surface area contributed by atoms with Crippen molar-refractivity contribution < 1.29 is 9.18 Å². The minimum absolute atomic E-state index is 0.0656. The van der Waals surface area contributed by atoms with E-state index in [-0.39, 0.29) is 28.7 Å². The number of halogens is 1. The predicted molar refractivity (Wildman–Crippen MR) is 129 cm³/mol. The molecule has 34 heavy (non-hydrogen) atoms. The van der Waals surface area contributed by atoms with Gasteiger partial charge < -0.3 is 10.2 Å². The average Bonchev–Trinajstić information content (AvgIpc) is 3.50. The molecule has 8 nitrogen and oxygen atoms in total. The van der Waals surface area contributed by atoms with E-state index < -0.39 is 5.82 Å². The topological polar surface area (TPSA) is 93.0 Å². The van der Waals surface area contributed by atoms with Crippen molar-refractivity contribution in [3.63, 3.8) is 0 Å². The monoisotopic (exact) mass is 478 g/mol. The molecule has 0 saturated carbocycles. The maximum atomic E-state index is 13.8. The molecule has 1 saturated heterocycles. The predicted octanol–water partition coefficient (Wildman–Crippen LogP) is 3.36. The molecule has 4 heterocycles. The van der Waals surface area contributed by atoms with Crippen LogP contribution in [0.25, 0.3) is 21.9 Å². The number of benzene rings is 1. The third kappa shape index (κ3) is 4.16. The van der Waals surface area contributed by atoms with Gasteiger partial charge in [-0.15, -0.1) is 0 Å². The van der Waals surface area contributed by atoms with Gasteiger partial charge in [0.2, 0.25) is 5.91 Å². The highest BCUT2D eigenvalue weighted by atomic mass is 32.1. The van der Waals surface area contributed by atoms with Crippen LogP contribution in [-0.4, -0.2) is 38.0 Å². The summed E-state index contributed by atoms with van der Waals surface area (Å²) in [7, 11) is 0. The number of thiazole rings is 1. The lowest BCUT2D eigenvalue weighted by Gasteiger charge is -2.23. The van der Waals surface area contributed by atoms with E-state index in [2.05, 4.69) is 20.3 Å². The number of nitrogens with one attached hydrogen (secondary N) is 1. The van der Waals surface area contributed by atoms with E-state index >= 15 is 0 Å². The van der Waals surface area contributed by atoms with Gasteiger partial charge in [-0.05, 0) is 31.4 Å². The van der Waals surface area contributed by atoms with E-state index in [9.17, 15) is 14.0 Å². The van der Waals surface area contributed by atoms with Crippen LogP contribution in [0.15, 0.2) is 53.5 Å². The first kappa shape index (κ1) is 22.1. The van der Waals surface area contributed by atoms with E-state index in [1.807, 2.05) is 42.2 Å². The lowest BCUT2D eigenvalue weighted by molar-refractivity contribution is -0.122. The first-order chi connectivity index (χ1) is 16.5. The quantitative estimate of drug-likeness (QED) is 0.457. The van der Waals surface area contributed by atoms with Crippen molar-refractivity contribution in [2.45, 2.75) is 38.9 Å². The van der Waals surface area contributed by atoms with Crippen molar-refractivity contribution >= 4 is 32.7 Å². The number of rotatable bonds is 6. The zero-order valence-corrected chi connectivity index (χ0v) is 19.4. The minimum atomic E-state index is -0.451. The molecule has 1 aliphatic heterocycles. The number of carbonyl (C=O) groups is 1. The van der Waals surface area contributed by atoms with Crippen LogP contribution in [0.5, 0.6) is 0 Å². The van der Waals surface area contributed by atoms with Crippen molar-refractivity contribution in [1.82, 2.24) is 24.8 Å². The van der Waals surface area contributed by atoms with Crippen LogP contribution in [0.1, 0.15) is 25.3 Å². The smallest absolute Gasteiger partial charge is 0.281 e. The summed E-state index contributed by atoms with van der Waals surface area (Å²) in [4.78, 5) is 41.9. The molecule has 5 rings (SSSR count). The van der Waals surface area contributed by atoms with Crippen LogP contribution >= 0.6 is 11.3 Å². The molecular weight excluding hydrogens is 455 g/mol. The maximum Gasteiger partial charge on any atom is 0.281 e. The summed E-state index contributed by atoms with van der Waals surface area (Å²) in [6, 6.07) is 11.9. The van der Waals surface area contributed by atoms with Gasteiger partial charge in [0.1, 0.15) is 17.6 Å². The summed E-state index contributed by atoms with van der Waals surface area (Å²) in [6.07, 6.45) is 2.91. The SMILES string of the molecule is CCn1c(-c2cc(F)ccn2)nc2sc(N3CCC[C@@H]3C(=O)NCc3ccccc3)nc2c1=O. The van der Waals surface area contributed by atoms with Gasteiger partial charge in [0.15, 0.2) is 21.3 Å². The first-order valence-electron chi connectivity index (χ1n) is 11.2. The van der Waals surface area contributed by atoms with E-state index in [0.717, 1.165) is 12.0 Å². The Morgan fingerprint density at radius 2 is 2.06 bits per heavy atom. The number of aromatic nitrogens is 4. The second-order valence-corrected chi connectivity index (χ2v) is 9.01. The average molecular weight is 479 g/mol. The van der Waals surface area contributed by atoms with Crippen LogP contribution in [0, 0.1) is 5.82 Å². The van der Waals surface area contributed by atoms with Gasteiger partial charge in [0.05, 0.1) is 0 Å². The second kappa shape index (κ2) is 9.30. The summed E-state index contributed by atoms with van der Waals surface area (Å²) in [5, 5.41) is 3.60. The van der Waals surface area contributed by atoms with Crippen LogP contribution in [-0.2, 0) is 17.9 Å². The van der Waals surface area contributed by atoms with Gasteiger partial charge >= 0.3 is 0 Å². The molecule has 0 spiro atoms. The number of hydrogen-bond acceptors (Lipinski definition) is 7. The van der Waals surface area contributed by atoms with E-state index in [1.165, 1.54) is 34.2 Å². The molecular formula is C24H23FN6O2S. The molecule has 0 bridgehead atoms.